The second kappa shape index (κ2) is 7.85. The van der Waals surface area contributed by atoms with E-state index in [1.54, 1.807) is 17.0 Å². The number of amides is 2. The summed E-state index contributed by atoms with van der Waals surface area (Å²) in [7, 11) is 0. The number of fused-ring (bicyclic) bond motifs is 3. The van der Waals surface area contributed by atoms with E-state index in [0.29, 0.717) is 25.3 Å². The molecule has 1 N–H and O–H groups in total. The highest BCUT2D eigenvalue weighted by Crippen LogP contribution is 2.49. The SMILES string of the molecule is O=C(C1CCOCC1)N1C[C@H]2[C@@H](c3ccccc31)[C@@H](CO)N2C(=O)c1ccccc1. The van der Waals surface area contributed by atoms with Crippen molar-refractivity contribution in [3.63, 3.8) is 0 Å². The molecule has 0 aromatic heterocycles. The number of carbonyl (C=O) groups is 2. The molecule has 156 valence electrons. The number of hydrogen-bond acceptors (Lipinski definition) is 4. The summed E-state index contributed by atoms with van der Waals surface area (Å²) in [6, 6.07) is 16.7. The highest BCUT2D eigenvalue weighted by Gasteiger charge is 2.55. The number of anilines is 1. The zero-order chi connectivity index (χ0) is 20.7. The van der Waals surface area contributed by atoms with Gasteiger partial charge in [-0.1, -0.05) is 36.4 Å². The second-order valence-electron chi connectivity index (χ2n) is 8.32. The van der Waals surface area contributed by atoms with Gasteiger partial charge < -0.3 is 19.6 Å². The maximum absolute atomic E-state index is 13.4. The van der Waals surface area contributed by atoms with E-state index >= 15 is 0 Å². The van der Waals surface area contributed by atoms with Crippen LogP contribution in [0.3, 0.4) is 0 Å². The summed E-state index contributed by atoms with van der Waals surface area (Å²) in [5.41, 5.74) is 2.57. The van der Waals surface area contributed by atoms with Gasteiger partial charge in [0.1, 0.15) is 0 Å². The predicted octanol–water partition coefficient (Wildman–Crippen LogP) is 2.43. The number of aliphatic hydroxyl groups excluding tert-OH is 1. The molecular formula is C24H26N2O4. The monoisotopic (exact) mass is 406 g/mol. The summed E-state index contributed by atoms with van der Waals surface area (Å²) < 4.78 is 5.43. The van der Waals surface area contributed by atoms with Crippen molar-refractivity contribution in [1.29, 1.82) is 0 Å². The summed E-state index contributed by atoms with van der Waals surface area (Å²) in [5.74, 6) is 0.0189. The van der Waals surface area contributed by atoms with E-state index < -0.39 is 0 Å². The molecule has 0 bridgehead atoms. The molecule has 6 nitrogen and oxygen atoms in total. The number of rotatable bonds is 3. The Labute approximate surface area is 176 Å². The van der Waals surface area contributed by atoms with Gasteiger partial charge in [0.2, 0.25) is 5.91 Å². The van der Waals surface area contributed by atoms with Gasteiger partial charge in [0.15, 0.2) is 0 Å². The lowest BCUT2D eigenvalue weighted by atomic mass is 9.71. The largest absolute Gasteiger partial charge is 0.394 e. The van der Waals surface area contributed by atoms with E-state index in [2.05, 4.69) is 0 Å². The average molecular weight is 406 g/mol. The van der Waals surface area contributed by atoms with E-state index in [-0.39, 0.29) is 42.3 Å². The number of hydrogen-bond donors (Lipinski definition) is 1. The Balaban J connectivity index is 1.49. The zero-order valence-electron chi connectivity index (χ0n) is 16.8. The van der Waals surface area contributed by atoms with Crippen LogP contribution < -0.4 is 4.90 Å². The standard InChI is InChI=1S/C24H26N2O4/c27-15-21-22-18-8-4-5-9-19(18)25(23(28)17-10-12-30-13-11-17)14-20(22)26(21)24(29)16-6-2-1-3-7-16/h1-9,17,20-22,27H,10-15H2/t20-,21+,22+/m0/s1. The first-order valence-corrected chi connectivity index (χ1v) is 10.7. The third kappa shape index (κ3) is 3.02. The van der Waals surface area contributed by atoms with Crippen molar-refractivity contribution in [3.05, 3.63) is 65.7 Å². The van der Waals surface area contributed by atoms with Crippen LogP contribution >= 0.6 is 0 Å². The number of para-hydroxylation sites is 1. The lowest BCUT2D eigenvalue weighted by molar-refractivity contribution is -0.126. The van der Waals surface area contributed by atoms with Crippen LogP contribution in [0.15, 0.2) is 54.6 Å². The Morgan fingerprint density at radius 3 is 2.43 bits per heavy atom. The normalized spacial score (nSPS) is 25.8. The molecule has 2 fully saturated rings. The minimum Gasteiger partial charge on any atom is -0.394 e. The molecule has 5 rings (SSSR count). The first-order chi connectivity index (χ1) is 14.7. The van der Waals surface area contributed by atoms with Crippen LogP contribution in [-0.4, -0.2) is 60.3 Å². The van der Waals surface area contributed by atoms with Crippen LogP contribution in [0, 0.1) is 5.92 Å². The van der Waals surface area contributed by atoms with E-state index in [4.69, 9.17) is 4.74 Å². The summed E-state index contributed by atoms with van der Waals surface area (Å²) in [4.78, 5) is 30.3. The first-order valence-electron chi connectivity index (χ1n) is 10.7. The Bertz CT molecular complexity index is 941. The smallest absolute Gasteiger partial charge is 0.254 e. The molecule has 3 atom stereocenters. The van der Waals surface area contributed by atoms with Crippen LogP contribution in [0.1, 0.15) is 34.7 Å². The van der Waals surface area contributed by atoms with Gasteiger partial charge in [0, 0.05) is 42.8 Å². The van der Waals surface area contributed by atoms with Crippen molar-refractivity contribution in [2.24, 2.45) is 5.92 Å². The van der Waals surface area contributed by atoms with Gasteiger partial charge in [-0.05, 0) is 36.6 Å². The molecule has 3 aliphatic heterocycles. The summed E-state index contributed by atoms with van der Waals surface area (Å²) in [5, 5.41) is 10.1. The van der Waals surface area contributed by atoms with Crippen LogP contribution in [0.25, 0.3) is 0 Å². The zero-order valence-corrected chi connectivity index (χ0v) is 16.8. The Morgan fingerprint density at radius 2 is 1.70 bits per heavy atom. The Kier molecular flexibility index (Phi) is 5.05. The van der Waals surface area contributed by atoms with Crippen molar-refractivity contribution >= 4 is 17.5 Å². The van der Waals surface area contributed by atoms with E-state index in [1.807, 2.05) is 47.4 Å². The summed E-state index contributed by atoms with van der Waals surface area (Å²) in [6.07, 6.45) is 1.47. The topological polar surface area (TPSA) is 70.1 Å². The summed E-state index contributed by atoms with van der Waals surface area (Å²) in [6.45, 7) is 1.60. The predicted molar refractivity (Wildman–Crippen MR) is 112 cm³/mol. The number of carbonyl (C=O) groups excluding carboxylic acids is 2. The highest BCUT2D eigenvalue weighted by atomic mass is 16.5. The quantitative estimate of drug-likeness (QED) is 0.850. The molecule has 30 heavy (non-hydrogen) atoms. The van der Waals surface area contributed by atoms with Gasteiger partial charge in [-0.2, -0.15) is 0 Å². The van der Waals surface area contributed by atoms with Crippen molar-refractivity contribution < 1.29 is 19.4 Å². The number of ether oxygens (including phenoxy) is 1. The number of aliphatic hydroxyl groups is 1. The molecule has 0 unspecified atom stereocenters. The van der Waals surface area contributed by atoms with Crippen LogP contribution in [0.5, 0.6) is 0 Å². The fourth-order valence-corrected chi connectivity index (χ4v) is 5.27. The molecular weight excluding hydrogens is 380 g/mol. The van der Waals surface area contributed by atoms with E-state index in [1.165, 1.54) is 0 Å². The van der Waals surface area contributed by atoms with Gasteiger partial charge in [0.25, 0.3) is 5.91 Å². The van der Waals surface area contributed by atoms with Gasteiger partial charge in [-0.25, -0.2) is 0 Å². The van der Waals surface area contributed by atoms with Gasteiger partial charge >= 0.3 is 0 Å². The fraction of sp³-hybridized carbons (Fsp3) is 0.417. The van der Waals surface area contributed by atoms with Gasteiger partial charge in [0.05, 0.1) is 18.7 Å². The van der Waals surface area contributed by atoms with Crippen LogP contribution in [0.4, 0.5) is 5.69 Å². The molecule has 2 aromatic carbocycles. The fourth-order valence-electron chi connectivity index (χ4n) is 5.27. The molecule has 0 spiro atoms. The molecule has 6 heteroatoms. The lowest BCUT2D eigenvalue weighted by Crippen LogP contribution is -2.71. The van der Waals surface area contributed by atoms with Gasteiger partial charge in [-0.3, -0.25) is 9.59 Å². The summed E-state index contributed by atoms with van der Waals surface area (Å²) >= 11 is 0. The number of nitrogens with zero attached hydrogens (tertiary/aromatic N) is 2. The first kappa shape index (κ1) is 19.3. The van der Waals surface area contributed by atoms with Crippen molar-refractivity contribution in [1.82, 2.24) is 4.90 Å². The lowest BCUT2D eigenvalue weighted by Gasteiger charge is -2.59. The molecule has 2 saturated heterocycles. The molecule has 3 heterocycles. The molecule has 2 aromatic rings. The third-order valence-electron chi connectivity index (χ3n) is 6.78. The van der Waals surface area contributed by atoms with E-state index in [0.717, 1.165) is 24.1 Å². The number of likely N-dealkylation sites (tertiary alicyclic amines) is 1. The molecule has 3 aliphatic rings. The molecule has 2 amide bonds. The van der Waals surface area contributed by atoms with Crippen LogP contribution in [-0.2, 0) is 9.53 Å². The Morgan fingerprint density at radius 1 is 1.00 bits per heavy atom. The van der Waals surface area contributed by atoms with Crippen molar-refractivity contribution in [2.45, 2.75) is 30.8 Å². The van der Waals surface area contributed by atoms with E-state index in [9.17, 15) is 14.7 Å². The molecule has 0 radical (unpaired) electrons. The highest BCUT2D eigenvalue weighted by molar-refractivity contribution is 5.99. The second-order valence-corrected chi connectivity index (χ2v) is 8.32. The van der Waals surface area contributed by atoms with Crippen molar-refractivity contribution in [3.8, 4) is 0 Å². The molecule has 0 saturated carbocycles. The maximum atomic E-state index is 13.4. The van der Waals surface area contributed by atoms with Crippen molar-refractivity contribution in [2.75, 3.05) is 31.3 Å². The van der Waals surface area contributed by atoms with Crippen LogP contribution in [0.2, 0.25) is 0 Å². The molecule has 0 aliphatic carbocycles. The maximum Gasteiger partial charge on any atom is 0.254 e. The van der Waals surface area contributed by atoms with Gasteiger partial charge in [-0.15, -0.1) is 0 Å². The minimum absolute atomic E-state index is 0.0394. The average Bonchev–Trinajstić information content (AvgIpc) is 2.80. The number of benzene rings is 2. The Hall–Kier alpha value is -2.70. The third-order valence-corrected chi connectivity index (χ3v) is 6.78. The minimum atomic E-state index is -0.274.